The minimum Gasteiger partial charge on any atom is -0.368 e. The Bertz CT molecular complexity index is 915. The Morgan fingerprint density at radius 1 is 1.30 bits per heavy atom. The Balaban J connectivity index is 2.66. The van der Waals surface area contributed by atoms with Crippen molar-refractivity contribution in [3.8, 4) is 12.1 Å². The zero-order valence-corrected chi connectivity index (χ0v) is 16.1. The number of hydrogen-bond donors (Lipinski definition) is 1. The van der Waals surface area contributed by atoms with Gasteiger partial charge in [-0.3, -0.25) is 4.79 Å². The Kier molecular flexibility index (Phi) is 6.81. The minimum atomic E-state index is -0.693. The fraction of sp³-hybridized carbons (Fsp3) is 0.250. The second-order valence-electron chi connectivity index (χ2n) is 5.78. The molecule has 2 aromatic rings. The molecule has 0 bridgehead atoms. The van der Waals surface area contributed by atoms with Crippen molar-refractivity contribution in [2.45, 2.75) is 23.6 Å². The van der Waals surface area contributed by atoms with E-state index in [1.807, 2.05) is 37.3 Å². The van der Waals surface area contributed by atoms with Crippen LogP contribution in [0.1, 0.15) is 34.4 Å². The van der Waals surface area contributed by atoms with Crippen LogP contribution in [0, 0.1) is 29.6 Å². The summed E-state index contributed by atoms with van der Waals surface area (Å²) in [4.78, 5) is 18.4. The Morgan fingerprint density at radius 2 is 1.93 bits per heavy atom. The highest BCUT2D eigenvalue weighted by Gasteiger charge is 2.26. The van der Waals surface area contributed by atoms with Crippen LogP contribution in [0.25, 0.3) is 0 Å². The van der Waals surface area contributed by atoms with Crippen molar-refractivity contribution >= 4 is 23.5 Å². The third kappa shape index (κ3) is 4.21. The number of carbonyl (C=O) groups is 1. The Morgan fingerprint density at radius 3 is 2.41 bits per heavy atom. The molecule has 6 nitrogen and oxygen atoms in total. The van der Waals surface area contributed by atoms with Gasteiger partial charge < -0.3 is 10.6 Å². The molecule has 0 spiro atoms. The number of hydrogen-bond acceptors (Lipinski definition) is 6. The maximum absolute atomic E-state index is 12.1. The highest BCUT2D eigenvalue weighted by atomic mass is 32.2. The van der Waals surface area contributed by atoms with Crippen LogP contribution in [0.5, 0.6) is 0 Å². The summed E-state index contributed by atoms with van der Waals surface area (Å²) in [6.07, 6.45) is 0.492. The fourth-order valence-electron chi connectivity index (χ4n) is 2.68. The molecule has 1 aromatic heterocycles. The van der Waals surface area contributed by atoms with Crippen molar-refractivity contribution in [1.29, 1.82) is 10.5 Å². The van der Waals surface area contributed by atoms with Crippen LogP contribution >= 0.6 is 11.8 Å². The van der Waals surface area contributed by atoms with Crippen molar-refractivity contribution in [3.05, 3.63) is 59.5 Å². The topological polar surface area (TPSA) is 107 Å². The second-order valence-corrected chi connectivity index (χ2v) is 6.87. The fourth-order valence-corrected chi connectivity index (χ4v) is 3.74. The molecule has 0 saturated carbocycles. The summed E-state index contributed by atoms with van der Waals surface area (Å²) in [6.45, 7) is 6.11. The summed E-state index contributed by atoms with van der Waals surface area (Å²) < 4.78 is 0. The first kappa shape index (κ1) is 20.3. The van der Waals surface area contributed by atoms with E-state index in [1.165, 1.54) is 0 Å². The smallest absolute Gasteiger partial charge is 0.235 e. The first-order valence-electron chi connectivity index (χ1n) is 8.36. The van der Waals surface area contributed by atoms with Crippen LogP contribution in [0.3, 0.4) is 0 Å². The van der Waals surface area contributed by atoms with E-state index in [9.17, 15) is 15.3 Å². The van der Waals surface area contributed by atoms with Gasteiger partial charge in [0.05, 0.1) is 11.1 Å². The number of rotatable bonds is 7. The number of benzene rings is 1. The van der Waals surface area contributed by atoms with Gasteiger partial charge in [-0.25, -0.2) is 4.98 Å². The molecule has 1 radical (unpaired) electrons. The third-order valence-electron chi connectivity index (χ3n) is 4.11. The molecule has 0 aliphatic rings. The number of anilines is 1. The van der Waals surface area contributed by atoms with Crippen molar-refractivity contribution in [2.24, 2.45) is 5.73 Å². The largest absolute Gasteiger partial charge is 0.368 e. The molecule has 137 valence electrons. The van der Waals surface area contributed by atoms with Crippen LogP contribution in [0.4, 0.5) is 5.82 Å². The standard InChI is InChI=1S/C20H20N5OS/c1-4-14-15(11-21)19(25(3)5-2)24-20(16(14)12-22)27-17(18(23)26)13-9-7-6-8-10-13/h6-10,17H,2,4-5H2,1,3H3,(H2,23,26). The Labute approximate surface area is 163 Å². The van der Waals surface area contributed by atoms with E-state index < -0.39 is 11.2 Å². The molecule has 0 saturated heterocycles. The predicted octanol–water partition coefficient (Wildman–Crippen LogP) is 2.98. The molecule has 1 amide bonds. The number of amides is 1. The molecule has 2 rings (SSSR count). The molecule has 1 heterocycles. The van der Waals surface area contributed by atoms with Gasteiger partial charge in [-0.15, -0.1) is 0 Å². The van der Waals surface area contributed by atoms with E-state index in [1.54, 1.807) is 11.9 Å². The number of nitriles is 2. The number of nitrogens with two attached hydrogens (primary N) is 1. The van der Waals surface area contributed by atoms with Gasteiger partial charge >= 0.3 is 0 Å². The SMILES string of the molecule is [CH2]CN(C)c1nc(SC(C(N)=O)c2ccccc2)c(C#N)c(CC)c1C#N. The quantitative estimate of drug-likeness (QED) is 0.742. The summed E-state index contributed by atoms with van der Waals surface area (Å²) in [5.74, 6) is -0.0755. The van der Waals surface area contributed by atoms with Crippen LogP contribution in [-0.2, 0) is 11.2 Å². The normalized spacial score (nSPS) is 11.3. The van der Waals surface area contributed by atoms with Gasteiger partial charge in [0.2, 0.25) is 5.91 Å². The van der Waals surface area contributed by atoms with Crippen LogP contribution in [0.2, 0.25) is 0 Å². The van der Waals surface area contributed by atoms with Gasteiger partial charge in [-0.05, 0) is 24.5 Å². The minimum absolute atomic E-state index is 0.308. The summed E-state index contributed by atoms with van der Waals surface area (Å²) in [7, 11) is 1.78. The van der Waals surface area contributed by atoms with Gasteiger partial charge in [0.15, 0.2) is 0 Å². The lowest BCUT2D eigenvalue weighted by atomic mass is 10.0. The average molecular weight is 378 g/mol. The molecular formula is C20H20N5OS. The van der Waals surface area contributed by atoms with Crippen LogP contribution in [0.15, 0.2) is 35.4 Å². The second kappa shape index (κ2) is 9.07. The number of thioether (sulfide) groups is 1. The molecule has 0 aliphatic carbocycles. The molecule has 0 fully saturated rings. The zero-order valence-electron chi connectivity index (χ0n) is 15.3. The van der Waals surface area contributed by atoms with Crippen molar-refractivity contribution in [1.82, 2.24) is 4.98 Å². The molecule has 7 heteroatoms. The third-order valence-corrected chi connectivity index (χ3v) is 5.37. The van der Waals surface area contributed by atoms with E-state index >= 15 is 0 Å². The number of primary amides is 1. The number of nitrogens with zero attached hydrogens (tertiary/aromatic N) is 4. The summed E-state index contributed by atoms with van der Waals surface area (Å²) in [6, 6.07) is 13.4. The maximum Gasteiger partial charge on any atom is 0.235 e. The molecule has 2 N–H and O–H groups in total. The monoisotopic (exact) mass is 378 g/mol. The van der Waals surface area contributed by atoms with Gasteiger partial charge in [-0.1, -0.05) is 49.0 Å². The van der Waals surface area contributed by atoms with Crippen molar-refractivity contribution < 1.29 is 4.79 Å². The lowest BCUT2D eigenvalue weighted by Gasteiger charge is -2.22. The highest BCUT2D eigenvalue weighted by molar-refractivity contribution is 8.00. The van der Waals surface area contributed by atoms with Crippen molar-refractivity contribution in [2.75, 3.05) is 18.5 Å². The van der Waals surface area contributed by atoms with Gasteiger partial charge in [0.1, 0.15) is 28.2 Å². The van der Waals surface area contributed by atoms with E-state index in [-0.39, 0.29) is 0 Å². The average Bonchev–Trinajstić information content (AvgIpc) is 2.70. The van der Waals surface area contributed by atoms with E-state index in [2.05, 4.69) is 24.0 Å². The van der Waals surface area contributed by atoms with E-state index in [4.69, 9.17) is 5.73 Å². The molecule has 0 aliphatic heterocycles. The van der Waals surface area contributed by atoms with E-state index in [0.29, 0.717) is 40.5 Å². The lowest BCUT2D eigenvalue weighted by Crippen LogP contribution is -2.22. The number of aromatic nitrogens is 1. The molecule has 1 aromatic carbocycles. The van der Waals surface area contributed by atoms with Crippen molar-refractivity contribution in [3.63, 3.8) is 0 Å². The van der Waals surface area contributed by atoms with Gasteiger partial charge in [0, 0.05) is 13.6 Å². The maximum atomic E-state index is 12.1. The predicted molar refractivity (Wildman–Crippen MR) is 106 cm³/mol. The molecule has 1 atom stereocenters. The van der Waals surface area contributed by atoms with E-state index in [0.717, 1.165) is 17.3 Å². The van der Waals surface area contributed by atoms with Gasteiger partial charge in [-0.2, -0.15) is 10.5 Å². The zero-order chi connectivity index (χ0) is 20.0. The first-order valence-corrected chi connectivity index (χ1v) is 9.24. The van der Waals surface area contributed by atoms with Gasteiger partial charge in [0.25, 0.3) is 0 Å². The number of carbonyl (C=O) groups excluding carboxylic acids is 1. The molecular weight excluding hydrogens is 358 g/mol. The molecule has 1 unspecified atom stereocenters. The number of pyridine rings is 1. The Hall–Kier alpha value is -3.03. The highest BCUT2D eigenvalue weighted by Crippen LogP contribution is 2.39. The van der Waals surface area contributed by atoms with Crippen LogP contribution < -0.4 is 10.6 Å². The summed E-state index contributed by atoms with van der Waals surface area (Å²) >= 11 is 1.13. The summed E-state index contributed by atoms with van der Waals surface area (Å²) in [5.41, 5.74) is 7.63. The lowest BCUT2D eigenvalue weighted by molar-refractivity contribution is -0.117. The van der Waals surface area contributed by atoms with Crippen LogP contribution in [-0.4, -0.2) is 24.5 Å². The molecule has 27 heavy (non-hydrogen) atoms. The summed E-state index contributed by atoms with van der Waals surface area (Å²) in [5, 5.41) is 19.0. The first-order chi connectivity index (χ1) is 13.0.